The van der Waals surface area contributed by atoms with Gasteiger partial charge in [-0.2, -0.15) is 0 Å². The summed E-state index contributed by atoms with van der Waals surface area (Å²) in [5, 5.41) is 0. The van der Waals surface area contributed by atoms with Crippen molar-refractivity contribution in [3.05, 3.63) is 0 Å². The first-order valence-corrected chi connectivity index (χ1v) is 7.46. The molecular weight excluding hydrogens is 210 g/mol. The van der Waals surface area contributed by atoms with Gasteiger partial charge in [0, 0.05) is 25.7 Å². The molecule has 3 heteroatoms. The fourth-order valence-corrected chi connectivity index (χ4v) is 3.35. The lowest BCUT2D eigenvalue weighted by Gasteiger charge is -2.37. The standard InChI is InChI=1S/C14H29N3/c1-13(6-7-15)4-2-8-16-10-11-17-9-3-5-14(17)12-16/h13-14H,2-12,15H2,1H3. The van der Waals surface area contributed by atoms with Crippen molar-refractivity contribution >= 4 is 0 Å². The van der Waals surface area contributed by atoms with E-state index in [2.05, 4.69) is 16.7 Å². The Balaban J connectivity index is 1.60. The van der Waals surface area contributed by atoms with Crippen molar-refractivity contribution in [2.75, 3.05) is 39.3 Å². The molecule has 0 saturated carbocycles. The fourth-order valence-electron chi connectivity index (χ4n) is 3.35. The molecule has 0 amide bonds. The van der Waals surface area contributed by atoms with Crippen LogP contribution in [0.3, 0.4) is 0 Å². The van der Waals surface area contributed by atoms with Gasteiger partial charge in [0.15, 0.2) is 0 Å². The molecule has 17 heavy (non-hydrogen) atoms. The molecule has 0 bridgehead atoms. The molecule has 2 unspecified atom stereocenters. The van der Waals surface area contributed by atoms with E-state index in [-0.39, 0.29) is 0 Å². The van der Waals surface area contributed by atoms with Crippen molar-refractivity contribution in [3.8, 4) is 0 Å². The van der Waals surface area contributed by atoms with E-state index in [4.69, 9.17) is 5.73 Å². The van der Waals surface area contributed by atoms with Gasteiger partial charge in [-0.15, -0.1) is 0 Å². The third-order valence-electron chi connectivity index (χ3n) is 4.50. The van der Waals surface area contributed by atoms with E-state index in [1.807, 2.05) is 0 Å². The smallest absolute Gasteiger partial charge is 0.0224 e. The quantitative estimate of drug-likeness (QED) is 0.763. The summed E-state index contributed by atoms with van der Waals surface area (Å²) in [5.74, 6) is 0.813. The second kappa shape index (κ2) is 6.72. The van der Waals surface area contributed by atoms with Gasteiger partial charge in [-0.1, -0.05) is 6.92 Å². The SMILES string of the molecule is CC(CCN)CCCN1CCN2CCCC2C1. The minimum Gasteiger partial charge on any atom is -0.330 e. The lowest BCUT2D eigenvalue weighted by atomic mass is 10.0. The number of rotatable bonds is 6. The van der Waals surface area contributed by atoms with Crippen LogP contribution in [-0.4, -0.2) is 55.1 Å². The predicted octanol–water partition coefficient (Wildman–Crippen LogP) is 1.53. The summed E-state index contributed by atoms with van der Waals surface area (Å²) in [5.41, 5.74) is 5.59. The number of fused-ring (bicyclic) bond motifs is 1. The third-order valence-corrected chi connectivity index (χ3v) is 4.50. The molecule has 2 aliphatic rings. The third kappa shape index (κ3) is 3.94. The molecule has 2 atom stereocenters. The summed E-state index contributed by atoms with van der Waals surface area (Å²) in [6.07, 6.45) is 6.75. The molecule has 0 aromatic carbocycles. The normalized spacial score (nSPS) is 28.2. The number of hydrogen-bond acceptors (Lipinski definition) is 3. The zero-order valence-electron chi connectivity index (χ0n) is 11.4. The predicted molar refractivity (Wildman–Crippen MR) is 73.1 cm³/mol. The number of piperazine rings is 1. The Morgan fingerprint density at radius 1 is 1.24 bits per heavy atom. The second-order valence-electron chi connectivity index (χ2n) is 5.96. The molecule has 2 fully saturated rings. The minimum absolute atomic E-state index is 0.813. The molecule has 0 spiro atoms. The first kappa shape index (κ1) is 13.3. The van der Waals surface area contributed by atoms with Crippen LogP contribution >= 0.6 is 0 Å². The topological polar surface area (TPSA) is 32.5 Å². The number of hydrogen-bond donors (Lipinski definition) is 1. The highest BCUT2D eigenvalue weighted by molar-refractivity contribution is 4.86. The van der Waals surface area contributed by atoms with Crippen LogP contribution in [-0.2, 0) is 0 Å². The Labute approximate surface area is 106 Å². The van der Waals surface area contributed by atoms with Crippen LogP contribution in [0.2, 0.25) is 0 Å². The average molecular weight is 239 g/mol. The fraction of sp³-hybridized carbons (Fsp3) is 1.00. The van der Waals surface area contributed by atoms with Crippen molar-refractivity contribution < 1.29 is 0 Å². The van der Waals surface area contributed by atoms with Crippen LogP contribution in [0.25, 0.3) is 0 Å². The molecule has 3 nitrogen and oxygen atoms in total. The summed E-state index contributed by atoms with van der Waals surface area (Å²) in [6, 6.07) is 0.880. The van der Waals surface area contributed by atoms with E-state index < -0.39 is 0 Å². The Bertz CT molecular complexity index is 220. The van der Waals surface area contributed by atoms with Crippen LogP contribution in [0.5, 0.6) is 0 Å². The maximum Gasteiger partial charge on any atom is 0.0224 e. The van der Waals surface area contributed by atoms with Crippen LogP contribution in [0, 0.1) is 5.92 Å². The van der Waals surface area contributed by atoms with Crippen molar-refractivity contribution in [2.45, 2.75) is 45.1 Å². The first-order valence-electron chi connectivity index (χ1n) is 7.46. The maximum atomic E-state index is 5.59. The van der Waals surface area contributed by atoms with Gasteiger partial charge in [0.2, 0.25) is 0 Å². The summed E-state index contributed by atoms with van der Waals surface area (Å²) in [6.45, 7) is 9.77. The Morgan fingerprint density at radius 3 is 2.94 bits per heavy atom. The lowest BCUT2D eigenvalue weighted by Crippen LogP contribution is -2.50. The van der Waals surface area contributed by atoms with Gasteiger partial charge < -0.3 is 10.6 Å². The second-order valence-corrected chi connectivity index (χ2v) is 5.96. The van der Waals surface area contributed by atoms with Crippen LogP contribution in [0.4, 0.5) is 0 Å². The highest BCUT2D eigenvalue weighted by Crippen LogP contribution is 2.21. The summed E-state index contributed by atoms with van der Waals surface area (Å²) in [7, 11) is 0. The van der Waals surface area contributed by atoms with Gasteiger partial charge in [-0.25, -0.2) is 0 Å². The molecule has 0 aromatic heterocycles. The van der Waals surface area contributed by atoms with Crippen LogP contribution in [0.15, 0.2) is 0 Å². The van der Waals surface area contributed by atoms with E-state index in [0.717, 1.165) is 18.5 Å². The van der Waals surface area contributed by atoms with Gasteiger partial charge in [-0.3, -0.25) is 4.90 Å². The minimum atomic E-state index is 0.813. The molecule has 2 rings (SSSR count). The van der Waals surface area contributed by atoms with E-state index in [1.54, 1.807) is 0 Å². The lowest BCUT2D eigenvalue weighted by molar-refractivity contribution is 0.102. The Kier molecular flexibility index (Phi) is 5.26. The van der Waals surface area contributed by atoms with E-state index in [0.29, 0.717) is 0 Å². The van der Waals surface area contributed by atoms with Crippen molar-refractivity contribution in [2.24, 2.45) is 11.7 Å². The summed E-state index contributed by atoms with van der Waals surface area (Å²) in [4.78, 5) is 5.37. The van der Waals surface area contributed by atoms with Gasteiger partial charge in [0.1, 0.15) is 0 Å². The zero-order chi connectivity index (χ0) is 12.1. The van der Waals surface area contributed by atoms with E-state index in [1.165, 1.54) is 64.8 Å². The monoisotopic (exact) mass is 239 g/mol. The molecule has 0 radical (unpaired) electrons. The zero-order valence-corrected chi connectivity index (χ0v) is 11.4. The first-order chi connectivity index (χ1) is 8.29. The highest BCUT2D eigenvalue weighted by Gasteiger charge is 2.29. The maximum absolute atomic E-state index is 5.59. The number of nitrogens with zero attached hydrogens (tertiary/aromatic N) is 2. The van der Waals surface area contributed by atoms with Crippen molar-refractivity contribution in [1.29, 1.82) is 0 Å². The summed E-state index contributed by atoms with van der Waals surface area (Å²) < 4.78 is 0. The van der Waals surface area contributed by atoms with E-state index in [9.17, 15) is 0 Å². The molecule has 2 heterocycles. The van der Waals surface area contributed by atoms with Gasteiger partial charge in [0.05, 0.1) is 0 Å². The van der Waals surface area contributed by atoms with Gasteiger partial charge in [0.25, 0.3) is 0 Å². The van der Waals surface area contributed by atoms with Gasteiger partial charge in [-0.05, 0) is 57.7 Å². The molecule has 100 valence electrons. The molecule has 2 aliphatic heterocycles. The van der Waals surface area contributed by atoms with Gasteiger partial charge >= 0.3 is 0 Å². The molecular formula is C14H29N3. The van der Waals surface area contributed by atoms with Crippen LogP contribution in [0.1, 0.15) is 39.0 Å². The Hall–Kier alpha value is -0.120. The molecule has 2 saturated heterocycles. The Morgan fingerprint density at radius 2 is 2.12 bits per heavy atom. The van der Waals surface area contributed by atoms with Crippen molar-refractivity contribution in [3.63, 3.8) is 0 Å². The molecule has 0 aromatic rings. The molecule has 0 aliphatic carbocycles. The largest absolute Gasteiger partial charge is 0.330 e. The van der Waals surface area contributed by atoms with E-state index >= 15 is 0 Å². The average Bonchev–Trinajstić information content (AvgIpc) is 2.76. The van der Waals surface area contributed by atoms with Crippen molar-refractivity contribution in [1.82, 2.24) is 9.80 Å². The molecule has 2 N–H and O–H groups in total. The summed E-state index contributed by atoms with van der Waals surface area (Å²) >= 11 is 0. The highest BCUT2D eigenvalue weighted by atomic mass is 15.3. The number of nitrogens with two attached hydrogens (primary N) is 1. The van der Waals surface area contributed by atoms with Crippen LogP contribution < -0.4 is 5.73 Å².